The second-order valence-corrected chi connectivity index (χ2v) is 6.96. The van der Waals surface area contributed by atoms with Gasteiger partial charge in [0.2, 0.25) is 11.9 Å². The van der Waals surface area contributed by atoms with Crippen molar-refractivity contribution in [1.82, 2.24) is 9.97 Å². The van der Waals surface area contributed by atoms with Gasteiger partial charge in [-0.05, 0) is 36.6 Å². The normalized spacial score (nSPS) is 12.6. The van der Waals surface area contributed by atoms with Crippen LogP contribution < -0.4 is 10.6 Å². The molecule has 3 aromatic rings. The molecular formula is C21H19ClN4O. The zero-order chi connectivity index (χ0) is 18.8. The molecule has 2 N–H and O–H groups in total. The standard InChI is InChI=1S/C21H19ClN4O/c1-13-5-4-7-17(22)15(13)9-10-23-21-24-12-14-11-19(27)25-18-8-3-2-6-16(18)20(14)26-21/h2-8,12H,9-11H2,1H3,(H,25,27)(H,23,24,26). The number of hydrogen-bond acceptors (Lipinski definition) is 4. The maximum atomic E-state index is 12.1. The molecule has 0 saturated heterocycles. The molecule has 2 aromatic carbocycles. The van der Waals surface area contributed by atoms with Crippen LogP contribution in [0.4, 0.5) is 11.6 Å². The largest absolute Gasteiger partial charge is 0.354 e. The smallest absolute Gasteiger partial charge is 0.228 e. The molecule has 1 aliphatic rings. The molecule has 0 spiro atoms. The van der Waals surface area contributed by atoms with Crippen LogP contribution in [-0.2, 0) is 17.6 Å². The van der Waals surface area contributed by atoms with Crippen molar-refractivity contribution in [1.29, 1.82) is 0 Å². The third-order valence-corrected chi connectivity index (χ3v) is 5.04. The maximum Gasteiger partial charge on any atom is 0.228 e. The molecule has 0 unspecified atom stereocenters. The average molecular weight is 379 g/mol. The molecule has 136 valence electrons. The quantitative estimate of drug-likeness (QED) is 0.712. The van der Waals surface area contributed by atoms with Gasteiger partial charge in [0.05, 0.1) is 17.8 Å². The highest BCUT2D eigenvalue weighted by molar-refractivity contribution is 6.31. The minimum absolute atomic E-state index is 0.0558. The topological polar surface area (TPSA) is 66.9 Å². The maximum absolute atomic E-state index is 12.1. The molecule has 0 bridgehead atoms. The molecular weight excluding hydrogens is 360 g/mol. The van der Waals surface area contributed by atoms with Gasteiger partial charge < -0.3 is 10.6 Å². The number of aromatic nitrogens is 2. The summed E-state index contributed by atoms with van der Waals surface area (Å²) in [5.41, 5.74) is 5.59. The summed E-state index contributed by atoms with van der Waals surface area (Å²) in [6.45, 7) is 2.73. The van der Waals surface area contributed by atoms with E-state index in [9.17, 15) is 4.79 Å². The van der Waals surface area contributed by atoms with Crippen LogP contribution in [0.25, 0.3) is 11.3 Å². The molecule has 1 amide bonds. The predicted molar refractivity (Wildman–Crippen MR) is 108 cm³/mol. The van der Waals surface area contributed by atoms with E-state index >= 15 is 0 Å². The molecule has 0 radical (unpaired) electrons. The first-order valence-electron chi connectivity index (χ1n) is 8.85. The Morgan fingerprint density at radius 2 is 2.04 bits per heavy atom. The van der Waals surface area contributed by atoms with E-state index in [2.05, 4.69) is 33.6 Å². The van der Waals surface area contributed by atoms with Gasteiger partial charge >= 0.3 is 0 Å². The molecule has 27 heavy (non-hydrogen) atoms. The van der Waals surface area contributed by atoms with Crippen molar-refractivity contribution in [2.75, 3.05) is 17.2 Å². The van der Waals surface area contributed by atoms with Crippen molar-refractivity contribution in [2.45, 2.75) is 19.8 Å². The Labute approximate surface area is 162 Å². The van der Waals surface area contributed by atoms with Gasteiger partial charge in [0.25, 0.3) is 0 Å². The van der Waals surface area contributed by atoms with Crippen molar-refractivity contribution in [3.8, 4) is 11.3 Å². The van der Waals surface area contributed by atoms with E-state index in [-0.39, 0.29) is 12.3 Å². The average Bonchev–Trinajstić information content (AvgIpc) is 2.79. The second-order valence-electron chi connectivity index (χ2n) is 6.55. The van der Waals surface area contributed by atoms with E-state index < -0.39 is 0 Å². The number of aryl methyl sites for hydroxylation is 1. The van der Waals surface area contributed by atoms with Gasteiger partial charge in [0.15, 0.2) is 0 Å². The lowest BCUT2D eigenvalue weighted by Crippen LogP contribution is -2.13. The molecule has 1 aromatic heterocycles. The molecule has 4 rings (SSSR count). The number of amides is 1. The van der Waals surface area contributed by atoms with Gasteiger partial charge in [-0.3, -0.25) is 4.79 Å². The van der Waals surface area contributed by atoms with Gasteiger partial charge in [-0.2, -0.15) is 0 Å². The van der Waals surface area contributed by atoms with Gasteiger partial charge in [-0.1, -0.05) is 41.9 Å². The molecule has 0 aliphatic carbocycles. The number of para-hydroxylation sites is 1. The highest BCUT2D eigenvalue weighted by Crippen LogP contribution is 2.32. The number of carbonyl (C=O) groups excluding carboxylic acids is 1. The molecule has 5 nitrogen and oxygen atoms in total. The van der Waals surface area contributed by atoms with Crippen LogP contribution in [0.15, 0.2) is 48.7 Å². The Bertz CT molecular complexity index is 999. The fourth-order valence-electron chi connectivity index (χ4n) is 3.30. The Kier molecular flexibility index (Phi) is 4.77. The molecule has 0 saturated carbocycles. The fraction of sp³-hybridized carbons (Fsp3) is 0.190. The Morgan fingerprint density at radius 3 is 2.89 bits per heavy atom. The van der Waals surface area contributed by atoms with Crippen molar-refractivity contribution in [3.05, 3.63) is 70.4 Å². The summed E-state index contributed by atoms with van der Waals surface area (Å²) in [4.78, 5) is 21.2. The summed E-state index contributed by atoms with van der Waals surface area (Å²) in [6, 6.07) is 13.6. The molecule has 6 heteroatoms. The van der Waals surface area contributed by atoms with Gasteiger partial charge in [-0.25, -0.2) is 9.97 Å². The van der Waals surface area contributed by atoms with Crippen molar-refractivity contribution >= 4 is 29.1 Å². The van der Waals surface area contributed by atoms with Crippen LogP contribution in [0, 0.1) is 6.92 Å². The summed E-state index contributed by atoms with van der Waals surface area (Å²) in [7, 11) is 0. The van der Waals surface area contributed by atoms with E-state index in [1.54, 1.807) is 6.20 Å². The third-order valence-electron chi connectivity index (χ3n) is 4.68. The van der Waals surface area contributed by atoms with E-state index in [0.29, 0.717) is 12.5 Å². The summed E-state index contributed by atoms with van der Waals surface area (Å²) >= 11 is 6.30. The zero-order valence-corrected chi connectivity index (χ0v) is 15.7. The second kappa shape index (κ2) is 7.37. The number of halogens is 1. The van der Waals surface area contributed by atoms with E-state index in [1.807, 2.05) is 36.4 Å². The van der Waals surface area contributed by atoms with Crippen LogP contribution in [0.5, 0.6) is 0 Å². The predicted octanol–water partition coefficient (Wildman–Crippen LogP) is 4.25. The number of nitrogens with one attached hydrogen (secondary N) is 2. The number of anilines is 2. The van der Waals surface area contributed by atoms with Crippen molar-refractivity contribution < 1.29 is 4.79 Å². The SMILES string of the molecule is Cc1cccc(Cl)c1CCNc1ncc2c(n1)-c1ccccc1NC(=O)C2. The van der Waals surface area contributed by atoms with Crippen molar-refractivity contribution in [2.24, 2.45) is 0 Å². The monoisotopic (exact) mass is 378 g/mol. The first-order chi connectivity index (χ1) is 13.1. The number of nitrogens with zero attached hydrogens (tertiary/aromatic N) is 2. The van der Waals surface area contributed by atoms with Crippen LogP contribution in [0.1, 0.15) is 16.7 Å². The van der Waals surface area contributed by atoms with Gasteiger partial charge in [0.1, 0.15) is 0 Å². The van der Waals surface area contributed by atoms with Gasteiger partial charge in [0, 0.05) is 28.9 Å². The molecule has 1 aliphatic heterocycles. The number of hydrogen-bond donors (Lipinski definition) is 2. The number of benzene rings is 2. The van der Waals surface area contributed by atoms with E-state index in [4.69, 9.17) is 11.6 Å². The number of carbonyl (C=O) groups is 1. The van der Waals surface area contributed by atoms with Gasteiger partial charge in [-0.15, -0.1) is 0 Å². The van der Waals surface area contributed by atoms with Crippen LogP contribution in [-0.4, -0.2) is 22.4 Å². The molecule has 0 atom stereocenters. The summed E-state index contributed by atoms with van der Waals surface area (Å²) in [6.07, 6.45) is 2.78. The minimum atomic E-state index is -0.0558. The third kappa shape index (κ3) is 3.64. The molecule has 2 heterocycles. The number of fused-ring (bicyclic) bond motifs is 3. The first-order valence-corrected chi connectivity index (χ1v) is 9.22. The molecule has 0 fully saturated rings. The van der Waals surface area contributed by atoms with Crippen molar-refractivity contribution in [3.63, 3.8) is 0 Å². The Hall–Kier alpha value is -2.92. The van der Waals surface area contributed by atoms with Crippen LogP contribution in [0.3, 0.4) is 0 Å². The Balaban J connectivity index is 1.57. The lowest BCUT2D eigenvalue weighted by Gasteiger charge is -2.11. The highest BCUT2D eigenvalue weighted by Gasteiger charge is 2.20. The lowest BCUT2D eigenvalue weighted by atomic mass is 10.1. The highest BCUT2D eigenvalue weighted by atomic mass is 35.5. The van der Waals surface area contributed by atoms with Crippen LogP contribution >= 0.6 is 11.6 Å². The fourth-order valence-corrected chi connectivity index (χ4v) is 3.62. The van der Waals surface area contributed by atoms with E-state index in [1.165, 1.54) is 5.56 Å². The lowest BCUT2D eigenvalue weighted by molar-refractivity contribution is -0.115. The minimum Gasteiger partial charge on any atom is -0.354 e. The number of rotatable bonds is 4. The van der Waals surface area contributed by atoms with E-state index in [0.717, 1.165) is 39.5 Å². The first kappa shape index (κ1) is 17.5. The summed E-state index contributed by atoms with van der Waals surface area (Å²) in [5.74, 6) is 0.488. The van der Waals surface area contributed by atoms with Crippen LogP contribution in [0.2, 0.25) is 5.02 Å². The zero-order valence-electron chi connectivity index (χ0n) is 14.9. The summed E-state index contributed by atoms with van der Waals surface area (Å²) < 4.78 is 0. The Morgan fingerprint density at radius 1 is 1.19 bits per heavy atom. The summed E-state index contributed by atoms with van der Waals surface area (Å²) in [5, 5.41) is 6.97.